The van der Waals surface area contributed by atoms with E-state index in [0.717, 1.165) is 62.6 Å². The van der Waals surface area contributed by atoms with Crippen LogP contribution in [0.3, 0.4) is 0 Å². The second kappa shape index (κ2) is 12.3. The third kappa shape index (κ3) is 5.72. The van der Waals surface area contributed by atoms with Crippen molar-refractivity contribution in [1.29, 1.82) is 5.26 Å². The number of likely N-dealkylation sites (tertiary alicyclic amines) is 1. The summed E-state index contributed by atoms with van der Waals surface area (Å²) in [5.41, 5.74) is 5.88. The van der Waals surface area contributed by atoms with Gasteiger partial charge in [0.2, 0.25) is 0 Å². The molecular formula is C33H35ClF3N7OS. The number of fused-ring (bicyclic) bond motifs is 3. The zero-order chi connectivity index (χ0) is 32.2. The molecule has 3 saturated heterocycles. The molecule has 3 aliphatic heterocycles. The molecule has 3 atom stereocenters. The van der Waals surface area contributed by atoms with Crippen molar-refractivity contribution in [1.82, 2.24) is 20.2 Å². The van der Waals surface area contributed by atoms with Crippen LogP contribution in [0.5, 0.6) is 6.01 Å². The summed E-state index contributed by atoms with van der Waals surface area (Å²) in [6.07, 6.45) is 7.18. The van der Waals surface area contributed by atoms with Gasteiger partial charge in [0.15, 0.2) is 5.82 Å². The number of anilines is 2. The van der Waals surface area contributed by atoms with Crippen molar-refractivity contribution in [2.45, 2.75) is 56.8 Å². The lowest BCUT2D eigenvalue weighted by Crippen LogP contribution is -2.51. The molecule has 242 valence electrons. The normalized spacial score (nSPS) is 25.1. The molecule has 1 aromatic carbocycles. The average molecular weight is 670 g/mol. The van der Waals surface area contributed by atoms with E-state index in [2.05, 4.69) is 26.7 Å². The van der Waals surface area contributed by atoms with Gasteiger partial charge in [-0.2, -0.15) is 15.2 Å². The quantitative estimate of drug-likeness (QED) is 0.360. The largest absolute Gasteiger partial charge is 0.463 e. The first-order valence-electron chi connectivity index (χ1n) is 15.7. The fourth-order valence-electron chi connectivity index (χ4n) is 7.36. The number of aromatic nitrogens is 2. The molecule has 3 aromatic rings. The van der Waals surface area contributed by atoms with Crippen LogP contribution in [0.15, 0.2) is 18.7 Å². The van der Waals surface area contributed by atoms with Gasteiger partial charge in [0.25, 0.3) is 0 Å². The standard InChI is InChI=1S/C33H35ClF3N7OS/c1-2-26(36)29-21(24(12-38)30(39)46-29)10-22-25(34)11-23-28(27(22)37)41-32(42-31(23)44-14-19-4-5-20(15-44)40-19)45-17-33(7-3-8-33)16-43-9-6-18(35)13-43/h2,10-11,18-20,40H,1,3-9,13-17,39H2/b21-10+,29-26-/t18-,19?,20?/m1/s1. The Morgan fingerprint density at radius 1 is 1.26 bits per heavy atom. The maximum Gasteiger partial charge on any atom is 0.319 e. The molecule has 46 heavy (non-hydrogen) atoms. The van der Waals surface area contributed by atoms with Crippen molar-refractivity contribution in [3.8, 4) is 12.1 Å². The highest BCUT2D eigenvalue weighted by Crippen LogP contribution is 2.43. The van der Waals surface area contributed by atoms with Crippen molar-refractivity contribution in [3.63, 3.8) is 0 Å². The van der Waals surface area contributed by atoms with Crippen molar-refractivity contribution in [2.24, 2.45) is 5.41 Å². The van der Waals surface area contributed by atoms with Crippen molar-refractivity contribution >= 4 is 56.6 Å². The molecule has 2 bridgehead atoms. The SMILES string of the molecule is C=C/C(F)=c1/sc(N)c(C#N)/c1=C\c1c(Cl)cc2c(N3CC4CCC(C3)N4)nc(OCC3(CN4CC[C@@H](F)C4)CCC3)nc2c1F. The molecule has 0 spiro atoms. The molecule has 2 aromatic heterocycles. The number of hydrogen-bond donors (Lipinski definition) is 2. The summed E-state index contributed by atoms with van der Waals surface area (Å²) in [6, 6.07) is 4.26. The first kappa shape index (κ1) is 31.2. The number of benzene rings is 1. The molecule has 2 unspecified atom stereocenters. The van der Waals surface area contributed by atoms with Crippen LogP contribution in [0.1, 0.15) is 49.7 Å². The maximum absolute atomic E-state index is 16.7. The minimum atomic E-state index is -0.795. The molecule has 4 aliphatic rings. The third-order valence-corrected chi connectivity index (χ3v) is 11.2. The van der Waals surface area contributed by atoms with E-state index in [0.29, 0.717) is 55.9 Å². The number of piperazine rings is 1. The number of rotatable bonds is 8. The van der Waals surface area contributed by atoms with E-state index in [4.69, 9.17) is 27.1 Å². The molecule has 3 N–H and O–H groups in total. The Morgan fingerprint density at radius 2 is 2.02 bits per heavy atom. The van der Waals surface area contributed by atoms with Gasteiger partial charge in [-0.25, -0.2) is 13.2 Å². The minimum absolute atomic E-state index is 0.0143. The fraction of sp³-hybridized carbons (Fsp3) is 0.485. The smallest absolute Gasteiger partial charge is 0.319 e. The first-order valence-corrected chi connectivity index (χ1v) is 16.9. The van der Waals surface area contributed by atoms with Gasteiger partial charge >= 0.3 is 6.01 Å². The van der Waals surface area contributed by atoms with Crippen LogP contribution in [0.2, 0.25) is 5.02 Å². The Bertz CT molecular complexity index is 1860. The van der Waals surface area contributed by atoms with Crippen molar-refractivity contribution in [2.75, 3.05) is 50.0 Å². The topological polar surface area (TPSA) is 103 Å². The van der Waals surface area contributed by atoms with Crippen molar-refractivity contribution in [3.05, 3.63) is 50.4 Å². The van der Waals surface area contributed by atoms with Crippen LogP contribution in [-0.2, 0) is 0 Å². The van der Waals surface area contributed by atoms with Gasteiger partial charge in [-0.3, -0.25) is 4.90 Å². The second-order valence-electron chi connectivity index (χ2n) is 13.0. The third-order valence-electron chi connectivity index (χ3n) is 9.86. The number of nitrogens with two attached hydrogens (primary N) is 1. The van der Waals surface area contributed by atoms with Crippen LogP contribution in [0, 0.1) is 22.6 Å². The molecular weight excluding hydrogens is 635 g/mol. The Labute approximate surface area is 274 Å². The van der Waals surface area contributed by atoms with Crippen LogP contribution in [0.4, 0.5) is 24.0 Å². The van der Waals surface area contributed by atoms with Crippen molar-refractivity contribution < 1.29 is 17.9 Å². The molecule has 5 heterocycles. The average Bonchev–Trinajstić information content (AvgIpc) is 3.70. The molecule has 0 amide bonds. The van der Waals surface area contributed by atoms with E-state index in [-0.39, 0.29) is 47.8 Å². The summed E-state index contributed by atoms with van der Waals surface area (Å²) < 4.78 is 51.7. The van der Waals surface area contributed by atoms with Crippen LogP contribution >= 0.6 is 22.9 Å². The van der Waals surface area contributed by atoms with E-state index in [1.165, 1.54) is 6.08 Å². The highest BCUT2D eigenvalue weighted by atomic mass is 35.5. The van der Waals surface area contributed by atoms with Gasteiger partial charge in [0.05, 0.1) is 21.7 Å². The summed E-state index contributed by atoms with van der Waals surface area (Å²) in [5.74, 6) is -0.883. The van der Waals surface area contributed by atoms with Gasteiger partial charge in [-0.05, 0) is 50.3 Å². The summed E-state index contributed by atoms with van der Waals surface area (Å²) in [5, 5.41) is 14.1. The predicted molar refractivity (Wildman–Crippen MR) is 175 cm³/mol. The van der Waals surface area contributed by atoms with Gasteiger partial charge in [0.1, 0.15) is 34.4 Å². The number of nitrogens with one attached hydrogen (secondary N) is 1. The summed E-state index contributed by atoms with van der Waals surface area (Å²) in [7, 11) is 0. The molecule has 7 rings (SSSR count). The van der Waals surface area contributed by atoms with Gasteiger partial charge in [-0.15, -0.1) is 11.3 Å². The Kier molecular flexibility index (Phi) is 8.38. The highest BCUT2D eigenvalue weighted by Gasteiger charge is 2.41. The van der Waals surface area contributed by atoms with Crippen LogP contribution in [-0.4, -0.2) is 72.5 Å². The monoisotopic (exact) mass is 669 g/mol. The maximum atomic E-state index is 16.7. The number of nitriles is 1. The van der Waals surface area contributed by atoms with Gasteiger partial charge in [0, 0.05) is 66.4 Å². The number of nitrogens with zero attached hydrogens (tertiary/aromatic N) is 5. The Hall–Kier alpha value is -3.37. The zero-order valence-electron chi connectivity index (χ0n) is 25.3. The number of thiophene rings is 1. The number of alkyl halides is 1. The minimum Gasteiger partial charge on any atom is -0.463 e. The van der Waals surface area contributed by atoms with Crippen LogP contribution in [0.25, 0.3) is 22.8 Å². The Morgan fingerprint density at radius 3 is 2.65 bits per heavy atom. The molecule has 1 aliphatic carbocycles. The molecule has 1 saturated carbocycles. The highest BCUT2D eigenvalue weighted by molar-refractivity contribution is 7.14. The summed E-state index contributed by atoms with van der Waals surface area (Å²) in [6.45, 7) is 7.11. The molecule has 8 nitrogen and oxygen atoms in total. The van der Waals surface area contributed by atoms with E-state index in [1.807, 2.05) is 6.07 Å². The number of ether oxygens (including phenoxy) is 1. The summed E-state index contributed by atoms with van der Waals surface area (Å²) >= 11 is 7.62. The zero-order valence-corrected chi connectivity index (χ0v) is 26.9. The van der Waals surface area contributed by atoms with E-state index < -0.39 is 17.8 Å². The lowest BCUT2D eigenvalue weighted by atomic mass is 9.69. The van der Waals surface area contributed by atoms with E-state index >= 15 is 4.39 Å². The predicted octanol–water partition coefficient (Wildman–Crippen LogP) is 4.56. The molecule has 0 radical (unpaired) electrons. The number of hydrogen-bond acceptors (Lipinski definition) is 9. The van der Waals surface area contributed by atoms with E-state index in [9.17, 15) is 14.0 Å². The van der Waals surface area contributed by atoms with E-state index in [1.54, 1.807) is 6.07 Å². The number of nitrogen functional groups attached to an aromatic ring is 1. The first-order chi connectivity index (χ1) is 22.2. The Balaban J connectivity index is 1.33. The molecule has 13 heteroatoms. The number of allylic oxidation sites excluding steroid dienone is 1. The van der Waals surface area contributed by atoms with Crippen LogP contribution < -0.4 is 30.4 Å². The van der Waals surface area contributed by atoms with Gasteiger partial charge in [-0.1, -0.05) is 24.6 Å². The number of halogens is 4. The molecule has 4 fully saturated rings. The lowest BCUT2D eigenvalue weighted by Gasteiger charge is -2.43. The second-order valence-corrected chi connectivity index (χ2v) is 14.5. The lowest BCUT2D eigenvalue weighted by molar-refractivity contribution is 0.0196. The fourth-order valence-corrected chi connectivity index (χ4v) is 8.53. The summed E-state index contributed by atoms with van der Waals surface area (Å²) in [4.78, 5) is 13.7. The van der Waals surface area contributed by atoms with Gasteiger partial charge < -0.3 is 20.7 Å².